The largest absolute Gasteiger partial charge is 0.486 e. The molecule has 0 bridgehead atoms. The van der Waals surface area contributed by atoms with E-state index in [1.165, 1.54) is 12.1 Å². The van der Waals surface area contributed by atoms with Crippen LogP contribution in [-0.2, 0) is 4.79 Å². The number of nitrogens with zero attached hydrogens (tertiary/aromatic N) is 2. The number of nitrogens with one attached hydrogen (secondary N) is 1. The molecule has 182 valence electrons. The third-order valence-electron chi connectivity index (χ3n) is 7.02. The van der Waals surface area contributed by atoms with Crippen LogP contribution < -0.4 is 19.7 Å². The fourth-order valence-corrected chi connectivity index (χ4v) is 5.11. The monoisotopic (exact) mass is 469 g/mol. The predicted molar refractivity (Wildman–Crippen MR) is 127 cm³/mol. The zero-order chi connectivity index (χ0) is 23.5. The van der Waals surface area contributed by atoms with Crippen molar-refractivity contribution < 1.29 is 23.8 Å². The highest BCUT2D eigenvalue weighted by Gasteiger charge is 2.33. The number of anilines is 1. The molecule has 1 amide bonds. The number of rotatable bonds is 7. The molecule has 3 aliphatic heterocycles. The second-order valence-corrected chi connectivity index (χ2v) is 9.38. The van der Waals surface area contributed by atoms with Gasteiger partial charge in [0.05, 0.1) is 12.0 Å². The number of amides is 1. The van der Waals surface area contributed by atoms with Gasteiger partial charge in [-0.1, -0.05) is 6.07 Å². The van der Waals surface area contributed by atoms with E-state index in [2.05, 4.69) is 15.1 Å². The van der Waals surface area contributed by atoms with Gasteiger partial charge in [0.1, 0.15) is 25.1 Å². The Labute approximate surface area is 199 Å². The number of carbonyl (C=O) groups excluding carboxylic acids is 1. The minimum atomic E-state index is -0.866. The van der Waals surface area contributed by atoms with Gasteiger partial charge in [0.25, 0.3) is 0 Å². The maximum absolute atomic E-state index is 13.3. The molecule has 2 fully saturated rings. The van der Waals surface area contributed by atoms with E-state index in [1.807, 2.05) is 18.2 Å². The van der Waals surface area contributed by atoms with Crippen molar-refractivity contribution >= 4 is 11.6 Å². The Hall–Kier alpha value is -2.84. The van der Waals surface area contributed by atoms with Crippen LogP contribution >= 0.6 is 0 Å². The second-order valence-electron chi connectivity index (χ2n) is 9.38. The molecule has 34 heavy (non-hydrogen) atoms. The fourth-order valence-electron chi connectivity index (χ4n) is 5.11. The summed E-state index contributed by atoms with van der Waals surface area (Å²) in [6.45, 7) is 4.85. The van der Waals surface area contributed by atoms with Crippen LogP contribution in [0.25, 0.3) is 0 Å². The second kappa shape index (κ2) is 10.2. The van der Waals surface area contributed by atoms with E-state index in [-0.39, 0.29) is 17.6 Å². The molecule has 2 N–H and O–H groups in total. The van der Waals surface area contributed by atoms with Crippen LogP contribution in [0.3, 0.4) is 0 Å². The third kappa shape index (κ3) is 5.13. The van der Waals surface area contributed by atoms with Crippen molar-refractivity contribution in [1.29, 1.82) is 0 Å². The van der Waals surface area contributed by atoms with Gasteiger partial charge in [-0.2, -0.15) is 0 Å². The van der Waals surface area contributed by atoms with Gasteiger partial charge in [0.2, 0.25) is 5.91 Å². The number of benzene rings is 2. The zero-order valence-corrected chi connectivity index (χ0v) is 19.3. The Bertz CT molecular complexity index is 996. The summed E-state index contributed by atoms with van der Waals surface area (Å²) in [5.74, 6) is 0.799. The van der Waals surface area contributed by atoms with Crippen molar-refractivity contribution in [3.63, 3.8) is 0 Å². The van der Waals surface area contributed by atoms with Crippen LogP contribution in [0.4, 0.5) is 10.1 Å². The molecule has 0 radical (unpaired) electrons. The van der Waals surface area contributed by atoms with Gasteiger partial charge < -0.3 is 29.7 Å². The topological polar surface area (TPSA) is 74.3 Å². The summed E-state index contributed by atoms with van der Waals surface area (Å²) in [7, 11) is 0. The molecule has 0 aliphatic carbocycles. The first-order chi connectivity index (χ1) is 16.6. The first-order valence-corrected chi connectivity index (χ1v) is 12.2. The highest BCUT2D eigenvalue weighted by Crippen LogP contribution is 2.34. The van der Waals surface area contributed by atoms with Crippen LogP contribution in [0, 0.1) is 11.7 Å². The summed E-state index contributed by atoms with van der Waals surface area (Å²) >= 11 is 0. The van der Waals surface area contributed by atoms with E-state index in [9.17, 15) is 14.3 Å². The molecule has 3 heterocycles. The van der Waals surface area contributed by atoms with Crippen LogP contribution in [0.15, 0.2) is 42.5 Å². The molecular formula is C26H32FN3O4. The molecule has 5 rings (SSSR count). The van der Waals surface area contributed by atoms with Gasteiger partial charge in [-0.15, -0.1) is 0 Å². The average molecular weight is 470 g/mol. The smallest absolute Gasteiger partial charge is 0.225 e. The van der Waals surface area contributed by atoms with E-state index in [4.69, 9.17) is 9.47 Å². The summed E-state index contributed by atoms with van der Waals surface area (Å²) in [5, 5.41) is 14.5. The number of ether oxygens (including phenoxy) is 2. The molecule has 3 aliphatic rings. The summed E-state index contributed by atoms with van der Waals surface area (Å²) in [6, 6.07) is 11.4. The van der Waals surface area contributed by atoms with Crippen molar-refractivity contribution in [2.24, 2.45) is 5.92 Å². The molecule has 3 unspecified atom stereocenters. The molecule has 3 atom stereocenters. The van der Waals surface area contributed by atoms with Crippen LogP contribution in [0.5, 0.6) is 11.5 Å². The summed E-state index contributed by atoms with van der Waals surface area (Å²) in [4.78, 5) is 17.7. The normalized spacial score (nSPS) is 21.9. The molecule has 0 spiro atoms. The average Bonchev–Trinajstić information content (AvgIpc) is 3.56. The van der Waals surface area contributed by atoms with Crippen molar-refractivity contribution in [1.82, 2.24) is 10.2 Å². The minimum Gasteiger partial charge on any atom is -0.486 e. The number of aliphatic hydroxyl groups is 1. The first-order valence-electron chi connectivity index (χ1n) is 12.2. The summed E-state index contributed by atoms with van der Waals surface area (Å²) < 4.78 is 24.6. The summed E-state index contributed by atoms with van der Waals surface area (Å²) in [5.41, 5.74) is 1.62. The van der Waals surface area contributed by atoms with Crippen molar-refractivity contribution in [3.8, 4) is 11.5 Å². The zero-order valence-electron chi connectivity index (χ0n) is 19.3. The van der Waals surface area contributed by atoms with Gasteiger partial charge >= 0.3 is 0 Å². The lowest BCUT2D eigenvalue weighted by atomic mass is 9.99. The number of carbonyl (C=O) groups is 1. The van der Waals surface area contributed by atoms with Gasteiger partial charge in [-0.25, -0.2) is 4.39 Å². The van der Waals surface area contributed by atoms with Crippen LogP contribution in [-0.4, -0.2) is 67.9 Å². The number of hydrogen-bond donors (Lipinski definition) is 2. The molecular weight excluding hydrogens is 437 g/mol. The number of hydrogen-bond acceptors (Lipinski definition) is 6. The lowest BCUT2D eigenvalue weighted by molar-refractivity contribution is -0.126. The molecule has 7 nitrogen and oxygen atoms in total. The number of halogens is 1. The SMILES string of the molecule is O=C(NC(CN1CCCC1)C(O)c1ccc2c(c1)OCCO2)C1CCN(c2ccc(F)cc2)C1. The lowest BCUT2D eigenvalue weighted by Crippen LogP contribution is -2.48. The molecule has 8 heteroatoms. The van der Waals surface area contributed by atoms with Crippen molar-refractivity contribution in [2.45, 2.75) is 31.4 Å². The minimum absolute atomic E-state index is 0.0506. The lowest BCUT2D eigenvalue weighted by Gasteiger charge is -2.30. The van der Waals surface area contributed by atoms with E-state index in [0.29, 0.717) is 43.4 Å². The number of fused-ring (bicyclic) bond motifs is 1. The number of likely N-dealkylation sites (tertiary alicyclic amines) is 1. The Morgan fingerprint density at radius 2 is 1.79 bits per heavy atom. The van der Waals surface area contributed by atoms with Gasteiger partial charge in [0.15, 0.2) is 11.5 Å². The quantitative estimate of drug-likeness (QED) is 0.650. The van der Waals surface area contributed by atoms with Gasteiger partial charge in [-0.05, 0) is 74.3 Å². The van der Waals surface area contributed by atoms with E-state index >= 15 is 0 Å². The van der Waals surface area contributed by atoms with E-state index in [1.54, 1.807) is 12.1 Å². The van der Waals surface area contributed by atoms with E-state index in [0.717, 1.165) is 44.6 Å². The Morgan fingerprint density at radius 1 is 1.06 bits per heavy atom. The maximum Gasteiger partial charge on any atom is 0.225 e. The molecule has 0 aromatic heterocycles. The predicted octanol–water partition coefficient (Wildman–Crippen LogP) is 2.74. The van der Waals surface area contributed by atoms with Crippen molar-refractivity contribution in [2.75, 3.05) is 50.8 Å². The standard InChI is InChI=1S/C26H32FN3O4/c27-20-4-6-21(7-5-20)30-12-9-19(16-30)26(32)28-22(17-29-10-1-2-11-29)25(31)18-3-8-23-24(15-18)34-14-13-33-23/h3-8,15,19,22,25,31H,1-2,9-14,16-17H2,(H,28,32). The molecule has 2 aromatic rings. The Morgan fingerprint density at radius 3 is 2.56 bits per heavy atom. The Kier molecular flexibility index (Phi) is 6.87. The molecule has 0 saturated carbocycles. The highest BCUT2D eigenvalue weighted by atomic mass is 19.1. The fraction of sp³-hybridized carbons (Fsp3) is 0.500. The first kappa shape index (κ1) is 22.9. The maximum atomic E-state index is 13.3. The summed E-state index contributed by atoms with van der Waals surface area (Å²) in [6.07, 6.45) is 2.13. The molecule has 2 saturated heterocycles. The van der Waals surface area contributed by atoms with E-state index < -0.39 is 12.1 Å². The van der Waals surface area contributed by atoms with Gasteiger partial charge in [0, 0.05) is 25.3 Å². The van der Waals surface area contributed by atoms with Gasteiger partial charge in [-0.3, -0.25) is 4.79 Å². The molecule has 2 aromatic carbocycles. The highest BCUT2D eigenvalue weighted by molar-refractivity contribution is 5.80. The van der Waals surface area contributed by atoms with Crippen molar-refractivity contribution in [3.05, 3.63) is 53.8 Å². The number of aliphatic hydroxyl groups excluding tert-OH is 1. The Balaban J connectivity index is 1.28. The van der Waals surface area contributed by atoms with Crippen LogP contribution in [0.2, 0.25) is 0 Å². The van der Waals surface area contributed by atoms with Crippen LogP contribution in [0.1, 0.15) is 30.9 Å². The third-order valence-corrected chi connectivity index (χ3v) is 7.02.